The number of hydrogen-bond donors (Lipinski definition) is 1. The van der Waals surface area contributed by atoms with E-state index in [2.05, 4.69) is 11.9 Å². The number of benzene rings is 1. The number of nitrogens with two attached hydrogens (primary N) is 1. The fourth-order valence-electron chi connectivity index (χ4n) is 2.84. The highest BCUT2D eigenvalue weighted by Crippen LogP contribution is 2.23. The Balaban J connectivity index is 2.02. The molecule has 1 aromatic carbocycles. The number of carbonyl (C=O) groups is 1. The minimum atomic E-state index is -0.136. The maximum absolute atomic E-state index is 12.6. The maximum atomic E-state index is 12.6. The van der Waals surface area contributed by atoms with Crippen LogP contribution in [0.4, 0.5) is 5.69 Å². The lowest BCUT2D eigenvalue weighted by molar-refractivity contribution is -0.134. The summed E-state index contributed by atoms with van der Waals surface area (Å²) in [6.45, 7) is 4.09. The van der Waals surface area contributed by atoms with Gasteiger partial charge < -0.3 is 15.5 Å². The molecule has 1 heterocycles. The van der Waals surface area contributed by atoms with E-state index < -0.39 is 0 Å². The lowest BCUT2D eigenvalue weighted by Crippen LogP contribution is -2.45. The molecule has 0 aliphatic carbocycles. The second kappa shape index (κ2) is 6.27. The zero-order chi connectivity index (χ0) is 14.7. The molecule has 1 aliphatic heterocycles. The highest BCUT2D eigenvalue weighted by molar-refractivity contribution is 5.83. The van der Waals surface area contributed by atoms with Crippen molar-refractivity contribution in [1.82, 2.24) is 9.80 Å². The standard InChI is InChI=1S/C16H25N3O/c1-12(13-5-4-6-14(17)11-13)16(20)19(3)15-7-9-18(2)10-8-15/h4-6,11-12,15H,7-10,17H2,1-3H3. The molecule has 1 aliphatic rings. The van der Waals surface area contributed by atoms with Crippen LogP contribution in [0.2, 0.25) is 0 Å². The minimum absolute atomic E-state index is 0.136. The molecule has 110 valence electrons. The molecule has 1 saturated heterocycles. The Morgan fingerprint density at radius 1 is 1.40 bits per heavy atom. The monoisotopic (exact) mass is 275 g/mol. The van der Waals surface area contributed by atoms with Crippen molar-refractivity contribution in [2.45, 2.75) is 31.7 Å². The summed E-state index contributed by atoms with van der Waals surface area (Å²) >= 11 is 0. The van der Waals surface area contributed by atoms with E-state index in [9.17, 15) is 4.79 Å². The highest BCUT2D eigenvalue weighted by atomic mass is 16.2. The largest absolute Gasteiger partial charge is 0.399 e. The Morgan fingerprint density at radius 2 is 2.05 bits per heavy atom. The Labute approximate surface area is 121 Å². The van der Waals surface area contributed by atoms with Gasteiger partial charge in [0, 0.05) is 18.8 Å². The molecule has 1 fully saturated rings. The number of rotatable bonds is 3. The van der Waals surface area contributed by atoms with E-state index in [0.29, 0.717) is 11.7 Å². The van der Waals surface area contributed by atoms with E-state index in [1.807, 2.05) is 43.1 Å². The third-order valence-electron chi connectivity index (χ3n) is 4.36. The molecule has 1 atom stereocenters. The fourth-order valence-corrected chi connectivity index (χ4v) is 2.84. The number of likely N-dealkylation sites (tertiary alicyclic amines) is 1. The average Bonchev–Trinajstić information content (AvgIpc) is 2.46. The van der Waals surface area contributed by atoms with Crippen molar-refractivity contribution in [2.75, 3.05) is 32.9 Å². The van der Waals surface area contributed by atoms with Crippen molar-refractivity contribution in [3.8, 4) is 0 Å². The summed E-state index contributed by atoms with van der Waals surface area (Å²) in [5.41, 5.74) is 7.51. The number of carbonyl (C=O) groups excluding carboxylic acids is 1. The van der Waals surface area contributed by atoms with E-state index in [0.717, 1.165) is 31.5 Å². The van der Waals surface area contributed by atoms with Crippen LogP contribution in [0, 0.1) is 0 Å². The third-order valence-corrected chi connectivity index (χ3v) is 4.36. The van der Waals surface area contributed by atoms with Crippen LogP contribution in [-0.4, -0.2) is 48.9 Å². The molecule has 1 amide bonds. The molecule has 4 heteroatoms. The highest BCUT2D eigenvalue weighted by Gasteiger charge is 2.27. The average molecular weight is 275 g/mol. The van der Waals surface area contributed by atoms with E-state index in [4.69, 9.17) is 5.73 Å². The van der Waals surface area contributed by atoms with Crippen LogP contribution in [0.3, 0.4) is 0 Å². The van der Waals surface area contributed by atoms with Gasteiger partial charge in [0.1, 0.15) is 0 Å². The molecular formula is C16H25N3O. The first-order valence-electron chi connectivity index (χ1n) is 7.29. The molecule has 2 rings (SSSR count). The first-order chi connectivity index (χ1) is 9.49. The van der Waals surface area contributed by atoms with Crippen molar-refractivity contribution in [2.24, 2.45) is 0 Å². The van der Waals surface area contributed by atoms with Crippen LogP contribution in [0.25, 0.3) is 0 Å². The maximum Gasteiger partial charge on any atom is 0.229 e. The van der Waals surface area contributed by atoms with Gasteiger partial charge in [0.2, 0.25) is 5.91 Å². The number of hydrogen-bond acceptors (Lipinski definition) is 3. The van der Waals surface area contributed by atoms with Crippen molar-refractivity contribution in [3.05, 3.63) is 29.8 Å². The third kappa shape index (κ3) is 3.31. The Morgan fingerprint density at radius 3 is 2.65 bits per heavy atom. The molecule has 4 nitrogen and oxygen atoms in total. The Bertz CT molecular complexity index is 467. The number of likely N-dealkylation sites (N-methyl/N-ethyl adjacent to an activating group) is 1. The van der Waals surface area contributed by atoms with E-state index in [-0.39, 0.29) is 11.8 Å². The lowest BCUT2D eigenvalue weighted by Gasteiger charge is -2.36. The van der Waals surface area contributed by atoms with Crippen molar-refractivity contribution < 1.29 is 4.79 Å². The van der Waals surface area contributed by atoms with Crippen molar-refractivity contribution in [1.29, 1.82) is 0 Å². The molecule has 0 radical (unpaired) electrons. The van der Waals surface area contributed by atoms with Gasteiger partial charge in [-0.25, -0.2) is 0 Å². The van der Waals surface area contributed by atoms with E-state index in [1.165, 1.54) is 0 Å². The minimum Gasteiger partial charge on any atom is -0.399 e. The summed E-state index contributed by atoms with van der Waals surface area (Å²) in [5, 5.41) is 0. The Hall–Kier alpha value is -1.55. The van der Waals surface area contributed by atoms with Gasteiger partial charge in [-0.05, 0) is 57.6 Å². The summed E-state index contributed by atoms with van der Waals surface area (Å²) in [4.78, 5) is 16.9. The van der Waals surface area contributed by atoms with Gasteiger partial charge in [-0.1, -0.05) is 12.1 Å². The lowest BCUT2D eigenvalue weighted by atomic mass is 9.97. The van der Waals surface area contributed by atoms with Gasteiger partial charge in [0.05, 0.1) is 5.92 Å². The topological polar surface area (TPSA) is 49.6 Å². The molecule has 1 aromatic rings. The fraction of sp³-hybridized carbons (Fsp3) is 0.562. The molecule has 0 saturated carbocycles. The van der Waals surface area contributed by atoms with Gasteiger partial charge in [-0.2, -0.15) is 0 Å². The van der Waals surface area contributed by atoms with Crippen molar-refractivity contribution in [3.63, 3.8) is 0 Å². The van der Waals surface area contributed by atoms with E-state index in [1.54, 1.807) is 0 Å². The van der Waals surface area contributed by atoms with E-state index >= 15 is 0 Å². The first-order valence-corrected chi connectivity index (χ1v) is 7.29. The van der Waals surface area contributed by atoms with Gasteiger partial charge in [0.25, 0.3) is 0 Å². The summed E-state index contributed by atoms with van der Waals surface area (Å²) in [7, 11) is 4.06. The zero-order valence-corrected chi connectivity index (χ0v) is 12.7. The number of amides is 1. The normalized spacial score (nSPS) is 18.8. The molecule has 2 N–H and O–H groups in total. The number of piperidine rings is 1. The molecular weight excluding hydrogens is 250 g/mol. The summed E-state index contributed by atoms with van der Waals surface area (Å²) in [6.07, 6.45) is 2.12. The predicted octanol–water partition coefficient (Wildman–Crippen LogP) is 1.92. The van der Waals surface area contributed by atoms with Crippen LogP contribution in [0.15, 0.2) is 24.3 Å². The number of nitrogen functional groups attached to an aromatic ring is 1. The van der Waals surface area contributed by atoms with Crippen LogP contribution in [0.1, 0.15) is 31.2 Å². The molecule has 0 bridgehead atoms. The summed E-state index contributed by atoms with van der Waals surface area (Å²) in [5.74, 6) is 0.0494. The second-order valence-electron chi connectivity index (χ2n) is 5.88. The first kappa shape index (κ1) is 14.9. The Kier molecular flexibility index (Phi) is 4.65. The van der Waals surface area contributed by atoms with Crippen LogP contribution < -0.4 is 5.73 Å². The smallest absolute Gasteiger partial charge is 0.229 e. The quantitative estimate of drug-likeness (QED) is 0.858. The van der Waals surface area contributed by atoms with Crippen LogP contribution >= 0.6 is 0 Å². The van der Waals surface area contributed by atoms with Gasteiger partial charge in [-0.3, -0.25) is 4.79 Å². The molecule has 0 spiro atoms. The van der Waals surface area contributed by atoms with Crippen LogP contribution in [-0.2, 0) is 4.79 Å². The number of nitrogens with zero attached hydrogens (tertiary/aromatic N) is 2. The molecule has 1 unspecified atom stereocenters. The van der Waals surface area contributed by atoms with Gasteiger partial charge in [-0.15, -0.1) is 0 Å². The van der Waals surface area contributed by atoms with Crippen molar-refractivity contribution >= 4 is 11.6 Å². The van der Waals surface area contributed by atoms with Gasteiger partial charge in [0.15, 0.2) is 0 Å². The summed E-state index contributed by atoms with van der Waals surface area (Å²) < 4.78 is 0. The summed E-state index contributed by atoms with van der Waals surface area (Å²) in [6, 6.07) is 7.99. The molecule has 20 heavy (non-hydrogen) atoms. The zero-order valence-electron chi connectivity index (χ0n) is 12.7. The van der Waals surface area contributed by atoms with Crippen LogP contribution in [0.5, 0.6) is 0 Å². The number of anilines is 1. The second-order valence-corrected chi connectivity index (χ2v) is 5.88. The molecule has 0 aromatic heterocycles. The van der Waals surface area contributed by atoms with Gasteiger partial charge >= 0.3 is 0 Å². The SMILES string of the molecule is CC(C(=O)N(C)C1CCN(C)CC1)c1cccc(N)c1. The predicted molar refractivity (Wildman–Crippen MR) is 82.6 cm³/mol.